The molecule has 0 saturated carbocycles. The largest absolute Gasteiger partial charge is 0.380 e. The third-order valence-electron chi connectivity index (χ3n) is 2.97. The zero-order valence-corrected chi connectivity index (χ0v) is 13.8. The lowest BCUT2D eigenvalue weighted by molar-refractivity contribution is 0.181. The van der Waals surface area contributed by atoms with Crippen LogP contribution in [0.25, 0.3) is 0 Å². The predicted molar refractivity (Wildman–Crippen MR) is 76.0 cm³/mol. The third-order valence-corrected chi connectivity index (χ3v) is 6.35. The average Bonchev–Trinajstić information content (AvgIpc) is 2.80. The van der Waals surface area contributed by atoms with Gasteiger partial charge in [0.15, 0.2) is 0 Å². The molecule has 100 valence electrons. The molecule has 0 radical (unpaired) electrons. The Labute approximate surface area is 124 Å². The number of ether oxygens (including phenoxy) is 1. The molecule has 18 heavy (non-hydrogen) atoms. The van der Waals surface area contributed by atoms with E-state index in [9.17, 15) is 8.42 Å². The van der Waals surface area contributed by atoms with Gasteiger partial charge in [0.25, 0.3) is 0 Å². The molecule has 0 bridgehead atoms. The first-order valence-corrected chi connectivity index (χ1v) is 8.46. The molecule has 0 spiro atoms. The van der Waals surface area contributed by atoms with Gasteiger partial charge in [0.2, 0.25) is 10.0 Å². The fourth-order valence-corrected chi connectivity index (χ4v) is 4.92. The molecule has 1 aromatic carbocycles. The van der Waals surface area contributed by atoms with Crippen molar-refractivity contribution in [3.8, 4) is 0 Å². The Hall–Kier alpha value is 0.0500. The van der Waals surface area contributed by atoms with Gasteiger partial charge < -0.3 is 4.74 Å². The summed E-state index contributed by atoms with van der Waals surface area (Å²) in [6.45, 7) is 1.08. The monoisotopic (exact) mass is 397 g/mol. The molecule has 1 heterocycles. The van der Waals surface area contributed by atoms with E-state index in [0.717, 1.165) is 10.9 Å². The molecule has 1 aliphatic rings. The number of sulfonamides is 1. The van der Waals surface area contributed by atoms with Gasteiger partial charge >= 0.3 is 0 Å². The van der Waals surface area contributed by atoms with Crippen LogP contribution >= 0.6 is 31.9 Å². The van der Waals surface area contributed by atoms with Crippen LogP contribution in [0.4, 0.5) is 0 Å². The number of benzene rings is 1. The molecular formula is C11H13Br2NO3S. The highest BCUT2D eigenvalue weighted by molar-refractivity contribution is 9.11. The molecule has 1 unspecified atom stereocenters. The van der Waals surface area contributed by atoms with E-state index >= 15 is 0 Å². The van der Waals surface area contributed by atoms with Crippen LogP contribution in [0.2, 0.25) is 0 Å². The van der Waals surface area contributed by atoms with Gasteiger partial charge in [-0.15, -0.1) is 0 Å². The second-order valence-corrected chi connectivity index (χ2v) is 7.85. The maximum atomic E-state index is 12.5. The van der Waals surface area contributed by atoms with E-state index in [2.05, 4.69) is 31.9 Å². The summed E-state index contributed by atoms with van der Waals surface area (Å²) in [5.74, 6) is 0. The number of halogens is 2. The summed E-state index contributed by atoms with van der Waals surface area (Å²) in [5, 5.41) is 0. The fraction of sp³-hybridized carbons (Fsp3) is 0.455. The molecule has 1 fully saturated rings. The van der Waals surface area contributed by atoms with E-state index in [0.29, 0.717) is 17.7 Å². The number of hydrogen-bond donors (Lipinski definition) is 0. The molecule has 1 aromatic rings. The Bertz CT molecular complexity index is 541. The highest BCUT2D eigenvalue weighted by Crippen LogP contribution is 2.29. The fourth-order valence-electron chi connectivity index (χ4n) is 1.84. The van der Waals surface area contributed by atoms with Gasteiger partial charge in [0, 0.05) is 22.6 Å². The molecule has 1 saturated heterocycles. The van der Waals surface area contributed by atoms with Crippen LogP contribution in [0.3, 0.4) is 0 Å². The van der Waals surface area contributed by atoms with Crippen molar-refractivity contribution in [1.82, 2.24) is 4.31 Å². The highest BCUT2D eigenvalue weighted by atomic mass is 79.9. The van der Waals surface area contributed by atoms with Crippen molar-refractivity contribution in [3.05, 3.63) is 27.1 Å². The van der Waals surface area contributed by atoms with Gasteiger partial charge in [-0.3, -0.25) is 0 Å². The summed E-state index contributed by atoms with van der Waals surface area (Å²) in [4.78, 5) is 0.278. The number of likely N-dealkylation sites (N-methyl/N-ethyl adjacent to an activating group) is 1. The second kappa shape index (κ2) is 5.58. The Kier molecular flexibility index (Phi) is 4.48. The molecule has 0 amide bonds. The summed E-state index contributed by atoms with van der Waals surface area (Å²) >= 11 is 6.60. The van der Waals surface area contributed by atoms with Gasteiger partial charge in [0.05, 0.1) is 17.5 Å². The number of nitrogens with zero attached hydrogens (tertiary/aromatic N) is 1. The topological polar surface area (TPSA) is 46.6 Å². The van der Waals surface area contributed by atoms with Crippen LogP contribution in [0, 0.1) is 0 Å². The molecular weight excluding hydrogens is 386 g/mol. The van der Waals surface area contributed by atoms with E-state index in [1.165, 1.54) is 4.31 Å². The molecule has 0 aromatic heterocycles. The van der Waals surface area contributed by atoms with Crippen molar-refractivity contribution in [3.63, 3.8) is 0 Å². The van der Waals surface area contributed by atoms with Gasteiger partial charge in [0.1, 0.15) is 0 Å². The zero-order valence-electron chi connectivity index (χ0n) is 9.77. The van der Waals surface area contributed by atoms with Crippen LogP contribution < -0.4 is 0 Å². The molecule has 0 aliphatic carbocycles. The van der Waals surface area contributed by atoms with E-state index < -0.39 is 10.0 Å². The van der Waals surface area contributed by atoms with Crippen molar-refractivity contribution >= 4 is 41.9 Å². The summed E-state index contributed by atoms with van der Waals surface area (Å²) in [7, 11) is -1.88. The first-order chi connectivity index (χ1) is 8.43. The summed E-state index contributed by atoms with van der Waals surface area (Å²) in [5.41, 5.74) is 0. The van der Waals surface area contributed by atoms with Crippen molar-refractivity contribution in [2.24, 2.45) is 0 Å². The molecule has 1 aliphatic heterocycles. The quantitative estimate of drug-likeness (QED) is 0.786. The maximum absolute atomic E-state index is 12.5. The van der Waals surface area contributed by atoms with Crippen molar-refractivity contribution in [1.29, 1.82) is 0 Å². The molecule has 0 N–H and O–H groups in total. The Morgan fingerprint density at radius 1 is 1.39 bits per heavy atom. The van der Waals surface area contributed by atoms with Gasteiger partial charge in [-0.25, -0.2) is 8.42 Å². The number of hydrogen-bond acceptors (Lipinski definition) is 3. The van der Waals surface area contributed by atoms with Crippen LogP contribution in [-0.2, 0) is 14.8 Å². The van der Waals surface area contributed by atoms with Gasteiger partial charge in [-0.05, 0) is 40.5 Å². The molecule has 2 rings (SSSR count). The van der Waals surface area contributed by atoms with Gasteiger partial charge in [-0.2, -0.15) is 4.31 Å². The normalized spacial score (nSPS) is 20.6. The average molecular weight is 399 g/mol. The zero-order chi connectivity index (χ0) is 13.3. The standard InChI is InChI=1S/C11H13Br2NO3S/c1-14(9-4-5-17-7-9)18(15,16)11-3-2-8(12)6-10(11)13/h2-3,6,9H,4-5,7H2,1H3. The van der Waals surface area contributed by atoms with E-state index in [-0.39, 0.29) is 10.9 Å². The van der Waals surface area contributed by atoms with E-state index in [1.807, 2.05) is 0 Å². The molecule has 1 atom stereocenters. The van der Waals surface area contributed by atoms with Crippen LogP contribution in [0.5, 0.6) is 0 Å². The van der Waals surface area contributed by atoms with Crippen LogP contribution in [-0.4, -0.2) is 39.0 Å². The van der Waals surface area contributed by atoms with Gasteiger partial charge in [-0.1, -0.05) is 15.9 Å². The Morgan fingerprint density at radius 2 is 2.11 bits per heavy atom. The van der Waals surface area contributed by atoms with E-state index in [1.54, 1.807) is 25.2 Å². The van der Waals surface area contributed by atoms with Crippen molar-refractivity contribution in [2.45, 2.75) is 17.4 Å². The summed E-state index contributed by atoms with van der Waals surface area (Å²) < 4.78 is 33.0. The van der Waals surface area contributed by atoms with Crippen LogP contribution in [0.1, 0.15) is 6.42 Å². The molecule has 4 nitrogen and oxygen atoms in total. The third kappa shape index (κ3) is 2.80. The number of rotatable bonds is 3. The van der Waals surface area contributed by atoms with Crippen molar-refractivity contribution < 1.29 is 13.2 Å². The minimum atomic E-state index is -3.48. The van der Waals surface area contributed by atoms with Crippen LogP contribution in [0.15, 0.2) is 32.0 Å². The lowest BCUT2D eigenvalue weighted by atomic mass is 10.3. The van der Waals surface area contributed by atoms with Crippen molar-refractivity contribution in [2.75, 3.05) is 20.3 Å². The smallest absolute Gasteiger partial charge is 0.244 e. The summed E-state index contributed by atoms with van der Waals surface area (Å²) in [6, 6.07) is 4.96. The van der Waals surface area contributed by atoms with E-state index in [4.69, 9.17) is 4.74 Å². The highest BCUT2D eigenvalue weighted by Gasteiger charge is 2.31. The lowest BCUT2D eigenvalue weighted by Gasteiger charge is -2.23. The minimum Gasteiger partial charge on any atom is -0.380 e. The SMILES string of the molecule is CN(C1CCOC1)S(=O)(=O)c1ccc(Br)cc1Br. The lowest BCUT2D eigenvalue weighted by Crippen LogP contribution is -2.37. The second-order valence-electron chi connectivity index (χ2n) is 4.11. The maximum Gasteiger partial charge on any atom is 0.244 e. The Morgan fingerprint density at radius 3 is 2.67 bits per heavy atom. The predicted octanol–water partition coefficient (Wildman–Crippen LogP) is 2.62. The minimum absolute atomic E-state index is 0.0782. The summed E-state index contributed by atoms with van der Waals surface area (Å²) in [6.07, 6.45) is 0.740. The first kappa shape index (κ1) is 14.5. The Balaban J connectivity index is 2.35. The molecule has 7 heteroatoms. The first-order valence-electron chi connectivity index (χ1n) is 5.44.